The summed E-state index contributed by atoms with van der Waals surface area (Å²) in [4.78, 5) is 34.9. The monoisotopic (exact) mass is 421 g/mol. The molecule has 0 unspecified atom stereocenters. The van der Waals surface area contributed by atoms with Gasteiger partial charge in [0.15, 0.2) is 6.61 Å². The fourth-order valence-electron chi connectivity index (χ4n) is 3.18. The van der Waals surface area contributed by atoms with E-state index in [4.69, 9.17) is 4.74 Å². The lowest BCUT2D eigenvalue weighted by atomic mass is 10.2. The van der Waals surface area contributed by atoms with Gasteiger partial charge in [0.1, 0.15) is 17.6 Å². The van der Waals surface area contributed by atoms with Gasteiger partial charge in [0.2, 0.25) is 0 Å². The first-order chi connectivity index (χ1) is 14.7. The summed E-state index contributed by atoms with van der Waals surface area (Å²) in [6, 6.07) is 12.4. The Morgan fingerprint density at radius 2 is 1.94 bits per heavy atom. The molecular formula is C21H19N5O5. The Morgan fingerprint density at radius 3 is 2.52 bits per heavy atom. The molecule has 3 rings (SSSR count). The zero-order valence-corrected chi connectivity index (χ0v) is 17.1. The van der Waals surface area contributed by atoms with Gasteiger partial charge in [-0.2, -0.15) is 5.26 Å². The van der Waals surface area contributed by atoms with Gasteiger partial charge in [-0.25, -0.2) is 4.79 Å². The number of hydrogen-bond acceptors (Lipinski definition) is 6. The molecule has 31 heavy (non-hydrogen) atoms. The lowest BCUT2D eigenvalue weighted by molar-refractivity contribution is -0.384. The van der Waals surface area contributed by atoms with Crippen molar-refractivity contribution in [2.45, 2.75) is 13.8 Å². The lowest BCUT2D eigenvalue weighted by Crippen LogP contribution is -2.23. The highest BCUT2D eigenvalue weighted by Crippen LogP contribution is 2.29. The summed E-state index contributed by atoms with van der Waals surface area (Å²) in [5, 5.41) is 23.1. The minimum atomic E-state index is -0.878. The molecule has 1 N–H and O–H groups in total. The first-order valence-electron chi connectivity index (χ1n) is 9.19. The third kappa shape index (κ3) is 4.16. The van der Waals surface area contributed by atoms with Crippen molar-refractivity contribution < 1.29 is 19.2 Å². The van der Waals surface area contributed by atoms with Crippen LogP contribution in [0.2, 0.25) is 0 Å². The molecule has 0 spiro atoms. The average molecular weight is 421 g/mol. The molecule has 10 heteroatoms. The molecule has 0 aliphatic rings. The van der Waals surface area contributed by atoms with Crippen LogP contribution in [-0.2, 0) is 16.6 Å². The van der Waals surface area contributed by atoms with Gasteiger partial charge < -0.3 is 14.6 Å². The number of nitriles is 1. The fraction of sp³-hybridized carbons (Fsp3) is 0.190. The Hall–Kier alpha value is -4.39. The van der Waals surface area contributed by atoms with E-state index in [1.54, 1.807) is 11.5 Å². The van der Waals surface area contributed by atoms with Crippen LogP contribution in [0.3, 0.4) is 0 Å². The van der Waals surface area contributed by atoms with E-state index >= 15 is 0 Å². The predicted molar refractivity (Wildman–Crippen MR) is 111 cm³/mol. The molecule has 0 bridgehead atoms. The molecule has 2 aromatic heterocycles. The summed E-state index contributed by atoms with van der Waals surface area (Å²) in [6.07, 6.45) is 1.17. The lowest BCUT2D eigenvalue weighted by Gasteiger charge is -2.13. The van der Waals surface area contributed by atoms with Crippen LogP contribution in [0.15, 0.2) is 42.6 Å². The van der Waals surface area contributed by atoms with Crippen molar-refractivity contribution in [3.8, 4) is 11.8 Å². The van der Waals surface area contributed by atoms with Crippen LogP contribution in [0.1, 0.15) is 27.3 Å². The molecule has 0 saturated carbocycles. The molecule has 0 aliphatic heterocycles. The molecular weight excluding hydrogens is 402 g/mol. The first kappa shape index (κ1) is 21.3. The molecule has 10 nitrogen and oxygen atoms in total. The van der Waals surface area contributed by atoms with Crippen LogP contribution in [0.25, 0.3) is 5.69 Å². The number of benzene rings is 1. The Morgan fingerprint density at radius 1 is 1.26 bits per heavy atom. The highest BCUT2D eigenvalue weighted by atomic mass is 16.6. The Kier molecular flexibility index (Phi) is 5.88. The van der Waals surface area contributed by atoms with E-state index in [1.165, 1.54) is 17.8 Å². The molecule has 158 valence electrons. The zero-order valence-electron chi connectivity index (χ0n) is 17.1. The standard InChI is InChI=1S/C21H19N5O5/c1-13-14(2)25(15-7-5-4-6-8-15)20(17(13)10-22)23-19(27)12-31-21(28)18-9-16(26(29)30)11-24(18)3/h4-9,11H,12H2,1-3H3,(H,23,27). The minimum Gasteiger partial charge on any atom is -0.451 e. The summed E-state index contributed by atoms with van der Waals surface area (Å²) in [7, 11) is 1.46. The van der Waals surface area contributed by atoms with Crippen molar-refractivity contribution in [2.24, 2.45) is 7.05 Å². The number of ether oxygens (including phenoxy) is 1. The smallest absolute Gasteiger partial charge is 0.355 e. The SMILES string of the molecule is Cc1c(C#N)c(NC(=O)COC(=O)c2cc([N+](=O)[O-])cn2C)n(-c2ccccc2)c1C. The van der Waals surface area contributed by atoms with Crippen LogP contribution < -0.4 is 5.32 Å². The van der Waals surface area contributed by atoms with Crippen molar-refractivity contribution in [1.29, 1.82) is 5.26 Å². The fourth-order valence-corrected chi connectivity index (χ4v) is 3.18. The van der Waals surface area contributed by atoms with E-state index in [-0.39, 0.29) is 17.2 Å². The Bertz CT molecular complexity index is 1220. The number of nitro groups is 1. The second-order valence-corrected chi connectivity index (χ2v) is 6.79. The molecule has 0 saturated heterocycles. The molecule has 1 aromatic carbocycles. The predicted octanol–water partition coefficient (Wildman–Crippen LogP) is 3.01. The maximum Gasteiger partial charge on any atom is 0.355 e. The number of carbonyl (C=O) groups excluding carboxylic acids is 2. The normalized spacial score (nSPS) is 10.4. The van der Waals surface area contributed by atoms with Crippen LogP contribution in [0.4, 0.5) is 11.5 Å². The van der Waals surface area contributed by atoms with Crippen LogP contribution in [0.5, 0.6) is 0 Å². The maximum atomic E-state index is 12.5. The van der Waals surface area contributed by atoms with Crippen LogP contribution >= 0.6 is 0 Å². The highest BCUT2D eigenvalue weighted by molar-refractivity contribution is 5.96. The Balaban J connectivity index is 1.80. The number of rotatable bonds is 6. The van der Waals surface area contributed by atoms with Gasteiger partial charge in [0, 0.05) is 24.5 Å². The molecule has 0 atom stereocenters. The molecule has 3 aromatic rings. The van der Waals surface area contributed by atoms with Gasteiger partial charge in [-0.1, -0.05) is 18.2 Å². The second-order valence-electron chi connectivity index (χ2n) is 6.79. The summed E-state index contributed by atoms with van der Waals surface area (Å²) in [6.45, 7) is 2.99. The molecule has 0 radical (unpaired) electrons. The van der Waals surface area contributed by atoms with Crippen molar-refractivity contribution in [3.05, 3.63) is 75.2 Å². The van der Waals surface area contributed by atoms with Crippen molar-refractivity contribution >= 4 is 23.4 Å². The number of nitrogens with one attached hydrogen (secondary N) is 1. The third-order valence-electron chi connectivity index (χ3n) is 4.84. The van der Waals surface area contributed by atoms with E-state index in [9.17, 15) is 25.0 Å². The van der Waals surface area contributed by atoms with E-state index in [0.717, 1.165) is 23.0 Å². The highest BCUT2D eigenvalue weighted by Gasteiger charge is 2.23. The number of anilines is 1. The number of carbonyl (C=O) groups is 2. The number of amides is 1. The number of aromatic nitrogens is 2. The van der Waals surface area contributed by atoms with E-state index in [1.807, 2.05) is 37.3 Å². The minimum absolute atomic E-state index is 0.0587. The van der Waals surface area contributed by atoms with Crippen molar-refractivity contribution in [1.82, 2.24) is 9.13 Å². The van der Waals surface area contributed by atoms with Gasteiger partial charge in [-0.05, 0) is 31.5 Å². The first-order valence-corrected chi connectivity index (χ1v) is 9.19. The van der Waals surface area contributed by atoms with E-state index < -0.39 is 23.4 Å². The van der Waals surface area contributed by atoms with Crippen molar-refractivity contribution in [3.63, 3.8) is 0 Å². The summed E-state index contributed by atoms with van der Waals surface area (Å²) >= 11 is 0. The van der Waals surface area contributed by atoms with Crippen LogP contribution in [0, 0.1) is 35.3 Å². The molecule has 0 fully saturated rings. The number of nitrogens with zero attached hydrogens (tertiary/aromatic N) is 4. The summed E-state index contributed by atoms with van der Waals surface area (Å²) in [5.41, 5.74) is 2.24. The topological polar surface area (TPSA) is 132 Å². The number of para-hydroxylation sites is 1. The van der Waals surface area contributed by atoms with Gasteiger partial charge >= 0.3 is 5.97 Å². The molecule has 0 aliphatic carbocycles. The summed E-state index contributed by atoms with van der Waals surface area (Å²) < 4.78 is 8.00. The van der Waals surface area contributed by atoms with E-state index in [2.05, 4.69) is 11.4 Å². The van der Waals surface area contributed by atoms with Gasteiger partial charge in [-0.15, -0.1) is 0 Å². The summed E-state index contributed by atoms with van der Waals surface area (Å²) in [5.74, 6) is -1.25. The van der Waals surface area contributed by atoms with E-state index in [0.29, 0.717) is 5.56 Å². The third-order valence-corrected chi connectivity index (χ3v) is 4.84. The molecule has 1 amide bonds. The quantitative estimate of drug-likeness (QED) is 0.370. The largest absolute Gasteiger partial charge is 0.451 e. The number of aryl methyl sites for hydroxylation is 1. The average Bonchev–Trinajstić information content (AvgIpc) is 3.25. The number of esters is 1. The zero-order chi connectivity index (χ0) is 22.7. The van der Waals surface area contributed by atoms with Gasteiger partial charge in [0.25, 0.3) is 11.6 Å². The van der Waals surface area contributed by atoms with Gasteiger partial charge in [0.05, 0.1) is 16.7 Å². The van der Waals surface area contributed by atoms with Gasteiger partial charge in [-0.3, -0.25) is 19.5 Å². The van der Waals surface area contributed by atoms with Crippen LogP contribution in [-0.4, -0.2) is 32.5 Å². The number of hydrogen-bond donors (Lipinski definition) is 1. The Labute approximate surface area is 177 Å². The maximum absolute atomic E-state index is 12.5. The second kappa shape index (κ2) is 8.54. The van der Waals surface area contributed by atoms with Crippen molar-refractivity contribution in [2.75, 3.05) is 11.9 Å². The molecule has 2 heterocycles.